The van der Waals surface area contributed by atoms with Gasteiger partial charge in [0.2, 0.25) is 0 Å². The van der Waals surface area contributed by atoms with E-state index in [2.05, 4.69) is 20.2 Å². The summed E-state index contributed by atoms with van der Waals surface area (Å²) in [5.41, 5.74) is 9.63. The van der Waals surface area contributed by atoms with Gasteiger partial charge < -0.3 is 25.6 Å². The van der Waals surface area contributed by atoms with Gasteiger partial charge in [-0.2, -0.15) is 0 Å². The second kappa shape index (κ2) is 7.64. The van der Waals surface area contributed by atoms with Gasteiger partial charge in [0.05, 0.1) is 23.7 Å². The molecule has 1 fully saturated rings. The fourth-order valence-electron chi connectivity index (χ4n) is 4.14. The number of hydrogen-bond donors (Lipinski definition) is 3. The van der Waals surface area contributed by atoms with E-state index in [9.17, 15) is 9.90 Å². The molecule has 4 heterocycles. The van der Waals surface area contributed by atoms with Crippen molar-refractivity contribution in [2.24, 2.45) is 11.7 Å². The molecule has 4 N–H and O–H groups in total. The van der Waals surface area contributed by atoms with Crippen molar-refractivity contribution >= 4 is 34.0 Å². The van der Waals surface area contributed by atoms with Gasteiger partial charge in [0, 0.05) is 48.5 Å². The molecule has 8 nitrogen and oxygen atoms in total. The number of rotatable bonds is 4. The number of aliphatic hydroxyl groups excluding tert-OH is 1. The summed E-state index contributed by atoms with van der Waals surface area (Å²) in [6.45, 7) is 3.11. The van der Waals surface area contributed by atoms with Gasteiger partial charge in [-0.3, -0.25) is 9.78 Å². The molecule has 1 saturated heterocycles. The Kier molecular flexibility index (Phi) is 4.80. The second-order valence-electron chi connectivity index (χ2n) is 8.13. The zero-order chi connectivity index (χ0) is 21.5. The summed E-state index contributed by atoms with van der Waals surface area (Å²) in [5, 5.41) is 14.1. The average molecular weight is 416 g/mol. The quantitative estimate of drug-likeness (QED) is 0.602. The van der Waals surface area contributed by atoms with Crippen molar-refractivity contribution in [2.75, 3.05) is 23.3 Å². The highest BCUT2D eigenvalue weighted by Gasteiger charge is 2.32. The van der Waals surface area contributed by atoms with Crippen LogP contribution >= 0.6 is 0 Å². The van der Waals surface area contributed by atoms with Crippen molar-refractivity contribution < 1.29 is 9.90 Å². The molecule has 3 aromatic heterocycles. The van der Waals surface area contributed by atoms with Gasteiger partial charge in [-0.05, 0) is 36.4 Å². The van der Waals surface area contributed by atoms with Crippen molar-refractivity contribution in [1.82, 2.24) is 14.5 Å². The highest BCUT2D eigenvalue weighted by Crippen LogP contribution is 2.30. The Labute approximate surface area is 179 Å². The average Bonchev–Trinajstić information content (AvgIpc) is 3.13. The van der Waals surface area contributed by atoms with E-state index in [1.807, 2.05) is 54.1 Å². The highest BCUT2D eigenvalue weighted by atomic mass is 16.3. The molecule has 0 unspecified atom stereocenters. The number of anilines is 2. The lowest BCUT2D eigenvalue weighted by atomic mass is 9.92. The molecule has 31 heavy (non-hydrogen) atoms. The van der Waals surface area contributed by atoms with Crippen LogP contribution in [0.15, 0.2) is 61.1 Å². The highest BCUT2D eigenvalue weighted by molar-refractivity contribution is 6.05. The van der Waals surface area contributed by atoms with Crippen LogP contribution in [-0.2, 0) is 0 Å². The molecule has 0 spiro atoms. The van der Waals surface area contributed by atoms with E-state index in [-0.39, 0.29) is 17.9 Å². The number of carbonyl (C=O) groups excluding carboxylic acids is 1. The zero-order valence-electron chi connectivity index (χ0n) is 17.1. The first-order valence-corrected chi connectivity index (χ1v) is 10.3. The maximum atomic E-state index is 13.0. The molecule has 0 aromatic carbocycles. The molecule has 3 atom stereocenters. The smallest absolute Gasteiger partial charge is 0.274 e. The van der Waals surface area contributed by atoms with Crippen molar-refractivity contribution in [3.63, 3.8) is 0 Å². The number of nitrogens with two attached hydrogens (primary N) is 1. The third-order valence-electron chi connectivity index (χ3n) is 5.93. The molecule has 5 rings (SSSR count). The lowest BCUT2D eigenvalue weighted by Gasteiger charge is -2.40. The van der Waals surface area contributed by atoms with E-state index < -0.39 is 6.10 Å². The number of aromatic nitrogens is 3. The lowest BCUT2D eigenvalue weighted by Crippen LogP contribution is -2.55. The SMILES string of the molecule is C[C@H]1CN(c2ccncc2NC(=O)c2ccc3ccn(C4=CC=C4)c3n2)C[C@@H](N)[C@@H]1O. The minimum absolute atomic E-state index is 0.0205. The van der Waals surface area contributed by atoms with Crippen LogP contribution in [0.3, 0.4) is 0 Å². The number of fused-ring (bicyclic) bond motifs is 1. The second-order valence-corrected chi connectivity index (χ2v) is 8.13. The van der Waals surface area contributed by atoms with Crippen molar-refractivity contribution in [1.29, 1.82) is 0 Å². The van der Waals surface area contributed by atoms with Crippen molar-refractivity contribution in [3.8, 4) is 0 Å². The number of piperidine rings is 1. The number of allylic oxidation sites excluding steroid dienone is 4. The number of pyridine rings is 2. The van der Waals surface area contributed by atoms with Crippen LogP contribution in [0.2, 0.25) is 0 Å². The van der Waals surface area contributed by atoms with E-state index >= 15 is 0 Å². The maximum Gasteiger partial charge on any atom is 0.274 e. The number of aliphatic hydroxyl groups is 1. The molecular formula is C23H24N6O2. The largest absolute Gasteiger partial charge is 0.391 e. The van der Waals surface area contributed by atoms with Crippen LogP contribution in [0.4, 0.5) is 11.4 Å². The summed E-state index contributed by atoms with van der Waals surface area (Å²) in [7, 11) is 0. The van der Waals surface area contributed by atoms with E-state index in [1.54, 1.807) is 18.5 Å². The Morgan fingerprint density at radius 1 is 1.26 bits per heavy atom. The van der Waals surface area contributed by atoms with Crippen LogP contribution in [0.25, 0.3) is 16.7 Å². The van der Waals surface area contributed by atoms with Gasteiger partial charge in [0.25, 0.3) is 5.91 Å². The van der Waals surface area contributed by atoms with E-state index in [0.29, 0.717) is 24.5 Å². The lowest BCUT2D eigenvalue weighted by molar-refractivity contribution is 0.0785. The van der Waals surface area contributed by atoms with E-state index in [1.165, 1.54) is 0 Å². The van der Waals surface area contributed by atoms with Gasteiger partial charge in [0.1, 0.15) is 11.3 Å². The predicted octanol–water partition coefficient (Wildman–Crippen LogP) is 2.24. The summed E-state index contributed by atoms with van der Waals surface area (Å²) in [4.78, 5) is 23.9. The molecule has 8 heteroatoms. The number of hydrogen-bond acceptors (Lipinski definition) is 6. The number of carbonyl (C=O) groups is 1. The molecule has 1 aliphatic heterocycles. The van der Waals surface area contributed by atoms with Crippen LogP contribution < -0.4 is 16.0 Å². The fraction of sp³-hybridized carbons (Fsp3) is 0.261. The minimum atomic E-state index is -0.538. The van der Waals surface area contributed by atoms with E-state index in [0.717, 1.165) is 22.4 Å². The van der Waals surface area contributed by atoms with Gasteiger partial charge in [-0.1, -0.05) is 13.0 Å². The van der Waals surface area contributed by atoms with Gasteiger partial charge in [0.15, 0.2) is 0 Å². The van der Waals surface area contributed by atoms with Crippen LogP contribution in [0.5, 0.6) is 0 Å². The Bertz CT molecular complexity index is 1200. The number of amides is 1. The summed E-state index contributed by atoms with van der Waals surface area (Å²) >= 11 is 0. The predicted molar refractivity (Wildman–Crippen MR) is 121 cm³/mol. The molecule has 0 bridgehead atoms. The maximum absolute atomic E-state index is 13.0. The van der Waals surface area contributed by atoms with Gasteiger partial charge in [-0.25, -0.2) is 4.98 Å². The first-order chi connectivity index (χ1) is 15.0. The Morgan fingerprint density at radius 2 is 2.10 bits per heavy atom. The van der Waals surface area contributed by atoms with Crippen LogP contribution in [0, 0.1) is 5.92 Å². The molecular weight excluding hydrogens is 392 g/mol. The molecule has 0 saturated carbocycles. The number of nitrogens with zero attached hydrogens (tertiary/aromatic N) is 4. The standard InChI is InChI=1S/C23H24N6O2/c1-14-12-28(13-17(24)21(14)30)20-7-9-25-11-19(20)27-23(31)18-6-5-15-8-10-29(22(15)26-18)16-3-2-4-16/h2-11,14,17,21,30H,12-13,24H2,1H3,(H,27,31)/t14-,17+,21+/m0/s1. The summed E-state index contributed by atoms with van der Waals surface area (Å²) in [6.07, 6.45) is 10.7. The Hall–Kier alpha value is -3.49. The third-order valence-corrected chi connectivity index (χ3v) is 5.93. The summed E-state index contributed by atoms with van der Waals surface area (Å²) in [6, 6.07) is 7.09. The van der Waals surface area contributed by atoms with Crippen molar-refractivity contribution in [2.45, 2.75) is 19.1 Å². The molecule has 0 radical (unpaired) electrons. The van der Waals surface area contributed by atoms with E-state index in [4.69, 9.17) is 5.73 Å². The molecule has 1 aliphatic carbocycles. The molecule has 3 aromatic rings. The van der Waals surface area contributed by atoms with Crippen molar-refractivity contribution in [3.05, 3.63) is 66.8 Å². The Balaban J connectivity index is 1.41. The topological polar surface area (TPSA) is 109 Å². The summed E-state index contributed by atoms with van der Waals surface area (Å²) < 4.78 is 1.96. The zero-order valence-corrected chi connectivity index (χ0v) is 17.1. The minimum Gasteiger partial charge on any atom is -0.391 e. The molecule has 158 valence electrons. The van der Waals surface area contributed by atoms with Gasteiger partial charge in [-0.15, -0.1) is 0 Å². The van der Waals surface area contributed by atoms with Crippen LogP contribution in [0.1, 0.15) is 17.4 Å². The first kappa shape index (κ1) is 19.5. The molecule has 2 aliphatic rings. The first-order valence-electron chi connectivity index (χ1n) is 10.3. The van der Waals surface area contributed by atoms with Crippen LogP contribution in [-0.4, -0.2) is 50.8 Å². The fourth-order valence-corrected chi connectivity index (χ4v) is 4.14. The number of nitrogens with one attached hydrogen (secondary N) is 1. The Morgan fingerprint density at radius 3 is 2.84 bits per heavy atom. The molecule has 1 amide bonds. The normalized spacial score (nSPS) is 22.9. The van der Waals surface area contributed by atoms with Gasteiger partial charge >= 0.3 is 0 Å². The summed E-state index contributed by atoms with van der Waals surface area (Å²) in [5.74, 6) is -0.288. The monoisotopic (exact) mass is 416 g/mol. The third kappa shape index (κ3) is 3.49.